The van der Waals surface area contributed by atoms with E-state index in [1.165, 1.54) is 0 Å². The average Bonchev–Trinajstić information content (AvgIpc) is 2.43. The van der Waals surface area contributed by atoms with Gasteiger partial charge >= 0.3 is 0 Å². The van der Waals surface area contributed by atoms with E-state index in [9.17, 15) is 9.59 Å². The first-order valence-electron chi connectivity index (χ1n) is 6.70. The summed E-state index contributed by atoms with van der Waals surface area (Å²) in [7, 11) is 0. The third kappa shape index (κ3) is 4.66. The SMILES string of the molecule is Cc1ccc(C(=O)NCCNC(=O)C(C)(C)CN)cc1. The van der Waals surface area contributed by atoms with Crippen LogP contribution in [0.15, 0.2) is 24.3 Å². The van der Waals surface area contributed by atoms with Crippen molar-refractivity contribution in [3.05, 3.63) is 35.4 Å². The van der Waals surface area contributed by atoms with Crippen LogP contribution in [0.4, 0.5) is 0 Å². The van der Waals surface area contributed by atoms with Crippen molar-refractivity contribution in [1.29, 1.82) is 0 Å². The third-order valence-corrected chi connectivity index (χ3v) is 3.13. The number of nitrogens with one attached hydrogen (secondary N) is 2. The summed E-state index contributed by atoms with van der Waals surface area (Å²) in [4.78, 5) is 23.6. The van der Waals surface area contributed by atoms with Gasteiger partial charge in [0, 0.05) is 25.2 Å². The van der Waals surface area contributed by atoms with Gasteiger partial charge in [-0.05, 0) is 32.9 Å². The van der Waals surface area contributed by atoms with Crippen molar-refractivity contribution in [2.24, 2.45) is 11.1 Å². The van der Waals surface area contributed by atoms with Crippen LogP contribution in [0.2, 0.25) is 0 Å². The quantitative estimate of drug-likeness (QED) is 0.673. The summed E-state index contributed by atoms with van der Waals surface area (Å²) >= 11 is 0. The van der Waals surface area contributed by atoms with Crippen LogP contribution in [0, 0.1) is 12.3 Å². The van der Waals surface area contributed by atoms with Gasteiger partial charge in [0.1, 0.15) is 0 Å². The Balaban J connectivity index is 2.33. The van der Waals surface area contributed by atoms with Crippen molar-refractivity contribution in [2.75, 3.05) is 19.6 Å². The van der Waals surface area contributed by atoms with Gasteiger partial charge in [0.25, 0.3) is 5.91 Å². The Labute approximate surface area is 119 Å². The first-order chi connectivity index (χ1) is 9.36. The first-order valence-corrected chi connectivity index (χ1v) is 6.70. The lowest BCUT2D eigenvalue weighted by Crippen LogP contribution is -2.44. The third-order valence-electron chi connectivity index (χ3n) is 3.13. The maximum Gasteiger partial charge on any atom is 0.251 e. The Morgan fingerprint density at radius 3 is 2.20 bits per heavy atom. The van der Waals surface area contributed by atoms with E-state index in [2.05, 4.69) is 10.6 Å². The van der Waals surface area contributed by atoms with Crippen LogP contribution in [0.5, 0.6) is 0 Å². The fraction of sp³-hybridized carbons (Fsp3) is 0.467. The Kier molecular flexibility index (Phi) is 5.70. The highest BCUT2D eigenvalue weighted by molar-refractivity contribution is 5.94. The van der Waals surface area contributed by atoms with E-state index in [1.807, 2.05) is 19.1 Å². The van der Waals surface area contributed by atoms with Gasteiger partial charge in [-0.2, -0.15) is 0 Å². The Hall–Kier alpha value is -1.88. The van der Waals surface area contributed by atoms with Crippen LogP contribution in [-0.4, -0.2) is 31.4 Å². The molecule has 110 valence electrons. The normalized spacial score (nSPS) is 11.0. The fourth-order valence-corrected chi connectivity index (χ4v) is 1.49. The molecular weight excluding hydrogens is 254 g/mol. The highest BCUT2D eigenvalue weighted by Gasteiger charge is 2.24. The molecule has 0 aliphatic heterocycles. The number of amides is 2. The number of carbonyl (C=O) groups excluding carboxylic acids is 2. The van der Waals surface area contributed by atoms with Gasteiger partial charge < -0.3 is 16.4 Å². The zero-order valence-electron chi connectivity index (χ0n) is 12.3. The first kappa shape index (κ1) is 16.2. The number of aryl methyl sites for hydroxylation is 1. The van der Waals surface area contributed by atoms with E-state index >= 15 is 0 Å². The standard InChI is InChI=1S/C15H23N3O2/c1-11-4-6-12(7-5-11)13(19)17-8-9-18-14(20)15(2,3)10-16/h4-7H,8-10,16H2,1-3H3,(H,17,19)(H,18,20). The summed E-state index contributed by atoms with van der Waals surface area (Å²) in [6.07, 6.45) is 0. The second-order valence-electron chi connectivity index (χ2n) is 5.47. The molecule has 1 rings (SSSR count). The maximum absolute atomic E-state index is 11.8. The molecule has 0 aliphatic carbocycles. The average molecular weight is 277 g/mol. The molecule has 5 nitrogen and oxygen atoms in total. The van der Waals surface area contributed by atoms with E-state index < -0.39 is 5.41 Å². The molecule has 0 aromatic heterocycles. The van der Waals surface area contributed by atoms with Gasteiger partial charge in [-0.15, -0.1) is 0 Å². The molecule has 5 heteroatoms. The Morgan fingerprint density at radius 2 is 1.65 bits per heavy atom. The van der Waals surface area contributed by atoms with E-state index in [-0.39, 0.29) is 18.4 Å². The van der Waals surface area contributed by atoms with Crippen molar-refractivity contribution in [3.8, 4) is 0 Å². The number of benzene rings is 1. The summed E-state index contributed by atoms with van der Waals surface area (Å²) in [6.45, 7) is 6.60. The molecule has 0 spiro atoms. The fourth-order valence-electron chi connectivity index (χ4n) is 1.49. The molecule has 0 saturated heterocycles. The molecule has 20 heavy (non-hydrogen) atoms. The predicted molar refractivity (Wildman–Crippen MR) is 79.4 cm³/mol. The van der Waals surface area contributed by atoms with E-state index in [4.69, 9.17) is 5.73 Å². The maximum atomic E-state index is 11.8. The molecule has 0 fully saturated rings. The van der Waals surface area contributed by atoms with Crippen LogP contribution in [0.25, 0.3) is 0 Å². The van der Waals surface area contributed by atoms with Crippen molar-refractivity contribution in [3.63, 3.8) is 0 Å². The zero-order chi connectivity index (χ0) is 15.2. The number of carbonyl (C=O) groups is 2. The molecule has 1 aromatic carbocycles. The second kappa shape index (κ2) is 7.05. The minimum atomic E-state index is -0.582. The Bertz CT molecular complexity index is 467. The van der Waals surface area contributed by atoms with Crippen LogP contribution in [0.3, 0.4) is 0 Å². The molecule has 1 aromatic rings. The summed E-state index contributed by atoms with van der Waals surface area (Å²) in [6, 6.07) is 7.34. The molecule has 2 amide bonds. The molecule has 0 radical (unpaired) electrons. The van der Waals surface area contributed by atoms with Gasteiger partial charge in [-0.25, -0.2) is 0 Å². The lowest BCUT2D eigenvalue weighted by molar-refractivity contribution is -0.128. The van der Waals surface area contributed by atoms with Gasteiger partial charge in [0.15, 0.2) is 0 Å². The predicted octanol–water partition coefficient (Wildman–Crippen LogP) is 0.826. The van der Waals surface area contributed by atoms with Crippen molar-refractivity contribution < 1.29 is 9.59 Å². The van der Waals surface area contributed by atoms with Crippen LogP contribution in [0.1, 0.15) is 29.8 Å². The lowest BCUT2D eigenvalue weighted by Gasteiger charge is -2.21. The number of rotatable bonds is 6. The second-order valence-corrected chi connectivity index (χ2v) is 5.47. The minimum absolute atomic E-state index is 0.107. The molecule has 0 bridgehead atoms. The summed E-state index contributed by atoms with van der Waals surface area (Å²) in [5.74, 6) is -0.248. The largest absolute Gasteiger partial charge is 0.354 e. The molecule has 0 saturated carbocycles. The van der Waals surface area contributed by atoms with Crippen LogP contribution < -0.4 is 16.4 Å². The lowest BCUT2D eigenvalue weighted by atomic mass is 9.93. The van der Waals surface area contributed by atoms with E-state index in [0.29, 0.717) is 18.7 Å². The molecule has 4 N–H and O–H groups in total. The number of nitrogens with two attached hydrogens (primary N) is 1. The summed E-state index contributed by atoms with van der Waals surface area (Å²) < 4.78 is 0. The molecule has 0 aliphatic rings. The van der Waals surface area contributed by atoms with Gasteiger partial charge in [-0.1, -0.05) is 17.7 Å². The van der Waals surface area contributed by atoms with Crippen LogP contribution >= 0.6 is 0 Å². The van der Waals surface area contributed by atoms with Gasteiger partial charge in [0.05, 0.1) is 5.41 Å². The van der Waals surface area contributed by atoms with Crippen LogP contribution in [-0.2, 0) is 4.79 Å². The zero-order valence-corrected chi connectivity index (χ0v) is 12.3. The topological polar surface area (TPSA) is 84.2 Å². The van der Waals surface area contributed by atoms with Crippen molar-refractivity contribution in [2.45, 2.75) is 20.8 Å². The van der Waals surface area contributed by atoms with E-state index in [1.54, 1.807) is 26.0 Å². The number of hydrogen-bond acceptors (Lipinski definition) is 3. The Morgan fingerprint density at radius 1 is 1.10 bits per heavy atom. The minimum Gasteiger partial charge on any atom is -0.354 e. The highest BCUT2D eigenvalue weighted by atomic mass is 16.2. The summed E-state index contributed by atoms with van der Waals surface area (Å²) in [5, 5.41) is 5.51. The molecular formula is C15H23N3O2. The monoisotopic (exact) mass is 277 g/mol. The smallest absolute Gasteiger partial charge is 0.251 e. The molecule has 0 unspecified atom stereocenters. The van der Waals surface area contributed by atoms with Gasteiger partial charge in [0.2, 0.25) is 5.91 Å². The molecule has 0 atom stereocenters. The van der Waals surface area contributed by atoms with Crippen molar-refractivity contribution in [1.82, 2.24) is 10.6 Å². The van der Waals surface area contributed by atoms with Crippen molar-refractivity contribution >= 4 is 11.8 Å². The number of hydrogen-bond donors (Lipinski definition) is 3. The van der Waals surface area contributed by atoms with Gasteiger partial charge in [-0.3, -0.25) is 9.59 Å². The molecule has 0 heterocycles. The summed E-state index contributed by atoms with van der Waals surface area (Å²) in [5.41, 5.74) is 6.66. The highest BCUT2D eigenvalue weighted by Crippen LogP contribution is 2.11. The van der Waals surface area contributed by atoms with E-state index in [0.717, 1.165) is 5.56 Å².